The first kappa shape index (κ1) is 56.3. The molecule has 0 amide bonds. The van der Waals surface area contributed by atoms with E-state index < -0.39 is 41.7 Å². The Bertz CT molecular complexity index is 2210. The maximum absolute atomic E-state index is 4.93. The van der Waals surface area contributed by atoms with E-state index in [0.29, 0.717) is 20.3 Å². The van der Waals surface area contributed by atoms with Crippen LogP contribution < -0.4 is 0 Å². The summed E-state index contributed by atoms with van der Waals surface area (Å²) >= 11 is -1.65. The fourth-order valence-corrected chi connectivity index (χ4v) is 9.57. The third-order valence-electron chi connectivity index (χ3n) is 13.5. The van der Waals surface area contributed by atoms with Gasteiger partial charge in [0.2, 0.25) is 0 Å². The van der Waals surface area contributed by atoms with Gasteiger partial charge in [0, 0.05) is 0 Å². The molecule has 0 nitrogen and oxygen atoms in total. The minimum absolute atomic E-state index is 0.195. The number of benzene rings is 4. The third kappa shape index (κ3) is 16.4. The maximum atomic E-state index is 4.93. The van der Waals surface area contributed by atoms with E-state index in [1.165, 1.54) is 130 Å². The summed E-state index contributed by atoms with van der Waals surface area (Å²) in [6.45, 7) is 25.2. The van der Waals surface area contributed by atoms with Crippen LogP contribution in [0.1, 0.15) is 129 Å². The van der Waals surface area contributed by atoms with Gasteiger partial charge < -0.3 is 22.6 Å². The first-order valence-corrected chi connectivity index (χ1v) is 37.2. The summed E-state index contributed by atoms with van der Waals surface area (Å²) in [5.41, 5.74) is 12.4. The Morgan fingerprint density at radius 1 is 0.554 bits per heavy atom. The zero-order valence-electron chi connectivity index (χ0n) is 40.2. The van der Waals surface area contributed by atoms with Gasteiger partial charge in [-0.15, -0.1) is 69.1 Å². The monoisotopic (exact) mass is 1110 g/mol. The van der Waals surface area contributed by atoms with Crippen LogP contribution in [0, 0.1) is 23.9 Å². The van der Waals surface area contributed by atoms with Crippen molar-refractivity contribution in [1.82, 2.24) is 0 Å². The average Bonchev–Trinajstić information content (AvgIpc) is 3.90. The topological polar surface area (TPSA) is 0 Å². The number of hydrogen-bond acceptors (Lipinski definition) is 0. The molecule has 2 aliphatic carbocycles. The van der Waals surface area contributed by atoms with Gasteiger partial charge in [0.25, 0.3) is 0 Å². The van der Waals surface area contributed by atoms with Gasteiger partial charge >= 0.3 is 75.7 Å². The van der Waals surface area contributed by atoms with Crippen LogP contribution in [0.4, 0.5) is 0 Å². The van der Waals surface area contributed by atoms with Crippen molar-refractivity contribution in [3.05, 3.63) is 169 Å². The number of rotatable bonds is 8. The van der Waals surface area contributed by atoms with Crippen LogP contribution in [-0.4, -0.2) is 9.52 Å². The van der Waals surface area contributed by atoms with E-state index in [1.807, 2.05) is 0 Å². The number of fused-ring (bicyclic) bond motifs is 2. The summed E-state index contributed by atoms with van der Waals surface area (Å²) in [7, 11) is 20.3. The number of hydrogen-bond donors (Lipinski definition) is 0. The van der Waals surface area contributed by atoms with Crippen molar-refractivity contribution < 1.29 is 41.7 Å². The summed E-state index contributed by atoms with van der Waals surface area (Å²) in [4.78, 5) is 0. The van der Waals surface area contributed by atoms with Gasteiger partial charge in [-0.3, -0.25) is 0 Å². The molecule has 0 N–H and O–H groups in total. The summed E-state index contributed by atoms with van der Waals surface area (Å²) in [5, 5.41) is 5.56. The molecule has 0 aliphatic heterocycles. The zero-order valence-corrected chi connectivity index (χ0v) is 49.1. The molecule has 6 aromatic rings. The molecule has 6 aromatic carbocycles. The van der Waals surface area contributed by atoms with Gasteiger partial charge in [0.1, 0.15) is 0 Å². The van der Waals surface area contributed by atoms with Crippen molar-refractivity contribution >= 4 is 65.1 Å². The van der Waals surface area contributed by atoms with Crippen LogP contribution in [-0.2, 0) is 65.4 Å². The summed E-state index contributed by atoms with van der Waals surface area (Å²) in [6, 6.07) is 41.6. The molecule has 0 fully saturated rings. The molecule has 0 heterocycles. The molecule has 8 rings (SSSR count). The molecule has 0 saturated heterocycles. The van der Waals surface area contributed by atoms with E-state index >= 15 is 0 Å². The Labute approximate surface area is 434 Å². The van der Waals surface area contributed by atoms with E-state index in [0.717, 1.165) is 0 Å². The molecule has 0 saturated carbocycles. The average molecular weight is 1120 g/mol. The molecular formula is C58H70Cl4SiZr2. The van der Waals surface area contributed by atoms with Crippen LogP contribution in [0.5, 0.6) is 0 Å². The van der Waals surface area contributed by atoms with Crippen LogP contribution in [0.15, 0.2) is 133 Å². The molecular weight excluding hydrogens is 1050 g/mol. The van der Waals surface area contributed by atoms with E-state index in [2.05, 4.69) is 202 Å². The Morgan fingerprint density at radius 2 is 0.892 bits per heavy atom. The van der Waals surface area contributed by atoms with Crippen molar-refractivity contribution in [2.75, 3.05) is 0 Å². The Morgan fingerprint density at radius 3 is 1.17 bits per heavy atom. The molecule has 2 unspecified atom stereocenters. The van der Waals surface area contributed by atoms with Gasteiger partial charge in [-0.2, -0.15) is 12.1 Å². The molecule has 65 heavy (non-hydrogen) atoms. The third-order valence-corrected chi connectivity index (χ3v) is 13.5. The molecule has 2 radical (unpaired) electrons. The second kappa shape index (κ2) is 27.2. The predicted molar refractivity (Wildman–Crippen MR) is 286 cm³/mol. The Balaban J connectivity index is 0.000000241. The first-order chi connectivity index (χ1) is 31.0. The second-order valence-corrected chi connectivity index (χ2v) is 27.8. The quantitative estimate of drug-likeness (QED) is 0.0809. The first-order valence-electron chi connectivity index (χ1n) is 23.2. The Hall–Kier alpha value is -1.28. The minimum atomic E-state index is -0.826. The van der Waals surface area contributed by atoms with E-state index in [-0.39, 0.29) is 10.8 Å². The summed E-state index contributed by atoms with van der Waals surface area (Å²) in [6.07, 6.45) is 22.0. The van der Waals surface area contributed by atoms with Crippen molar-refractivity contribution in [1.29, 1.82) is 0 Å². The van der Waals surface area contributed by atoms with Crippen LogP contribution in [0.3, 0.4) is 0 Å². The van der Waals surface area contributed by atoms with E-state index in [4.69, 9.17) is 34.1 Å². The predicted octanol–water partition coefficient (Wildman–Crippen LogP) is 19.4. The summed E-state index contributed by atoms with van der Waals surface area (Å²) in [5.74, 6) is 0. The van der Waals surface area contributed by atoms with Crippen molar-refractivity contribution in [2.45, 2.75) is 130 Å². The van der Waals surface area contributed by atoms with Crippen molar-refractivity contribution in [2.24, 2.45) is 10.8 Å². The van der Waals surface area contributed by atoms with Gasteiger partial charge in [-0.1, -0.05) is 151 Å². The SMILES string of the molecule is CCC1(Cc2cc3c(-c4ccc(C(C)(C)C)cc4)cccc3[cH-]2)CC=CCC1.CCC1(Cc2cc3c(-c4ccc(C(C)(C)C)cc4)cccc3[cH-]2)CC=CCC1.[CH2-][Si][CH2-].[Cl][Zr+2][Cl].[Cl][Zr+2][Cl]. The van der Waals surface area contributed by atoms with Gasteiger partial charge in [0.15, 0.2) is 0 Å². The van der Waals surface area contributed by atoms with E-state index in [9.17, 15) is 0 Å². The zero-order chi connectivity index (χ0) is 47.7. The van der Waals surface area contributed by atoms with Crippen LogP contribution in [0.25, 0.3) is 43.8 Å². The second-order valence-electron chi connectivity index (χ2n) is 19.9. The molecule has 2 atom stereocenters. The summed E-state index contributed by atoms with van der Waals surface area (Å²) < 4.78 is 0. The van der Waals surface area contributed by atoms with E-state index in [1.54, 1.807) is 0 Å². The molecule has 7 heteroatoms. The molecule has 342 valence electrons. The number of allylic oxidation sites excluding steroid dienone is 4. The standard InChI is InChI=1S/2C28H33.C2H4Si.4ClH.2Zr/c2*1-5-28(16-7-6-8-17-28)20-21-18-23-10-9-11-25(26(23)19-21)22-12-14-24(15-13-22)27(2,3)4;1-3-2;;;;;;/h2*6-7,9-15,18-19H,5,8,16-17,20H2,1-4H3;1-2H2;4*1H;;/q2*-1;-2;;;;;2*+4/p-4. The Kier molecular flexibility index (Phi) is 23.6. The normalized spacial score (nSPS) is 17.8. The van der Waals surface area contributed by atoms with Crippen molar-refractivity contribution in [3.8, 4) is 22.3 Å². The van der Waals surface area contributed by atoms with Gasteiger partial charge in [-0.05, 0) is 108 Å². The van der Waals surface area contributed by atoms with Crippen LogP contribution >= 0.6 is 34.1 Å². The van der Waals surface area contributed by atoms with Gasteiger partial charge in [-0.25, -0.2) is 0 Å². The van der Waals surface area contributed by atoms with Crippen molar-refractivity contribution in [3.63, 3.8) is 0 Å². The van der Waals surface area contributed by atoms with Gasteiger partial charge in [0.05, 0.1) is 0 Å². The molecule has 0 spiro atoms. The molecule has 0 bridgehead atoms. The fraction of sp³-hybridized carbons (Fsp3) is 0.379. The molecule has 2 aliphatic rings. The fourth-order valence-electron chi connectivity index (χ4n) is 9.57. The molecule has 0 aromatic heterocycles. The number of halogens is 4. The van der Waals surface area contributed by atoms with Crippen LogP contribution in [0.2, 0.25) is 0 Å².